The van der Waals surface area contributed by atoms with E-state index in [4.69, 9.17) is 0 Å². The van der Waals surface area contributed by atoms with E-state index in [9.17, 15) is 0 Å². The molecule has 0 amide bonds. The van der Waals surface area contributed by atoms with Gasteiger partial charge in [-0.25, -0.2) is 0 Å². The summed E-state index contributed by atoms with van der Waals surface area (Å²) in [5.41, 5.74) is 1.78. The third-order valence-electron chi connectivity index (χ3n) is 2.27. The second-order valence-corrected chi connectivity index (χ2v) is 5.68. The Labute approximate surface area is 89.4 Å². The molecule has 0 aliphatic carbocycles. The molecule has 0 bridgehead atoms. The number of hydrogen-bond acceptors (Lipinski definition) is 0. The van der Waals surface area contributed by atoms with Crippen molar-refractivity contribution in [3.63, 3.8) is 0 Å². The minimum Gasteiger partial charge on any atom is -0.0991 e. The molecule has 0 spiro atoms. The van der Waals surface area contributed by atoms with E-state index >= 15 is 0 Å². The highest BCUT2D eigenvalue weighted by atomic mass is 14.3. The van der Waals surface area contributed by atoms with Crippen molar-refractivity contribution in [2.75, 3.05) is 0 Å². The predicted octanol–water partition coefficient (Wildman–Crippen LogP) is 4.75. The van der Waals surface area contributed by atoms with Crippen molar-refractivity contribution in [2.45, 2.75) is 41.0 Å². The number of hydrogen-bond donors (Lipinski definition) is 0. The molecule has 0 N–H and O–H groups in total. The lowest BCUT2D eigenvalue weighted by atomic mass is 9.72. The Morgan fingerprint density at radius 2 is 1.57 bits per heavy atom. The largest absolute Gasteiger partial charge is 0.0991 e. The lowest BCUT2D eigenvalue weighted by Gasteiger charge is -2.33. The van der Waals surface area contributed by atoms with Crippen molar-refractivity contribution in [3.05, 3.63) is 37.0 Å². The molecule has 0 nitrogen and oxygen atoms in total. The SMILES string of the molecule is C=C/C=C(\C=C)C(C)(C)CC(C)(C)C. The molecule has 0 heterocycles. The fourth-order valence-electron chi connectivity index (χ4n) is 2.12. The lowest BCUT2D eigenvalue weighted by Crippen LogP contribution is -2.22. The Morgan fingerprint density at radius 3 is 1.86 bits per heavy atom. The molecule has 0 unspecified atom stereocenters. The van der Waals surface area contributed by atoms with Gasteiger partial charge in [0.15, 0.2) is 0 Å². The van der Waals surface area contributed by atoms with Gasteiger partial charge in [-0.1, -0.05) is 66.0 Å². The molecular weight excluding hydrogens is 168 g/mol. The summed E-state index contributed by atoms with van der Waals surface area (Å²) in [5.74, 6) is 0. The Balaban J connectivity index is 4.83. The third-order valence-corrected chi connectivity index (χ3v) is 2.27. The van der Waals surface area contributed by atoms with E-state index in [1.54, 1.807) is 0 Å². The summed E-state index contributed by atoms with van der Waals surface area (Å²) < 4.78 is 0. The van der Waals surface area contributed by atoms with E-state index in [-0.39, 0.29) is 5.41 Å². The fourth-order valence-corrected chi connectivity index (χ4v) is 2.12. The lowest BCUT2D eigenvalue weighted by molar-refractivity contribution is 0.253. The van der Waals surface area contributed by atoms with Crippen LogP contribution in [0.2, 0.25) is 0 Å². The van der Waals surface area contributed by atoms with Crippen molar-refractivity contribution in [1.29, 1.82) is 0 Å². The number of rotatable bonds is 4. The Bertz CT molecular complexity index is 233. The minimum atomic E-state index is 0.175. The van der Waals surface area contributed by atoms with Gasteiger partial charge in [0.25, 0.3) is 0 Å². The van der Waals surface area contributed by atoms with E-state index < -0.39 is 0 Å². The van der Waals surface area contributed by atoms with Gasteiger partial charge in [-0.05, 0) is 22.8 Å². The van der Waals surface area contributed by atoms with E-state index in [0.717, 1.165) is 6.42 Å². The highest BCUT2D eigenvalue weighted by molar-refractivity contribution is 5.27. The molecule has 0 aromatic carbocycles. The van der Waals surface area contributed by atoms with Gasteiger partial charge >= 0.3 is 0 Å². The van der Waals surface area contributed by atoms with Crippen molar-refractivity contribution in [1.82, 2.24) is 0 Å². The summed E-state index contributed by atoms with van der Waals surface area (Å²) in [7, 11) is 0. The average molecular weight is 192 g/mol. The summed E-state index contributed by atoms with van der Waals surface area (Å²) in [5, 5.41) is 0. The zero-order valence-corrected chi connectivity index (χ0v) is 10.4. The van der Waals surface area contributed by atoms with Crippen LogP contribution in [-0.2, 0) is 0 Å². The molecule has 0 aliphatic rings. The highest BCUT2D eigenvalue weighted by Gasteiger charge is 2.27. The molecule has 0 aromatic rings. The fraction of sp³-hybridized carbons (Fsp3) is 0.571. The van der Waals surface area contributed by atoms with E-state index in [1.807, 2.05) is 12.2 Å². The smallest absolute Gasteiger partial charge is 0.00988 e. The number of allylic oxidation sites excluding steroid dienone is 4. The summed E-state index contributed by atoms with van der Waals surface area (Å²) in [6.45, 7) is 18.9. The maximum atomic E-state index is 3.86. The van der Waals surface area contributed by atoms with E-state index in [1.165, 1.54) is 5.57 Å². The van der Waals surface area contributed by atoms with Crippen LogP contribution in [0.25, 0.3) is 0 Å². The summed E-state index contributed by atoms with van der Waals surface area (Å²) in [6, 6.07) is 0. The zero-order chi connectivity index (χ0) is 11.4. The first-order valence-corrected chi connectivity index (χ1v) is 5.18. The molecule has 0 atom stereocenters. The second-order valence-electron chi connectivity index (χ2n) is 5.68. The van der Waals surface area contributed by atoms with Crippen LogP contribution in [0.3, 0.4) is 0 Å². The molecule has 0 saturated carbocycles. The highest BCUT2D eigenvalue weighted by Crippen LogP contribution is 2.39. The topological polar surface area (TPSA) is 0 Å². The van der Waals surface area contributed by atoms with Crippen LogP contribution in [0.15, 0.2) is 37.0 Å². The van der Waals surface area contributed by atoms with E-state index in [0.29, 0.717) is 5.41 Å². The molecule has 0 radical (unpaired) electrons. The standard InChI is InChI=1S/C14H24/c1-8-10-12(9-2)14(6,7)11-13(3,4)5/h8-10H,1-2,11H2,3-7H3/b12-10+. The molecule has 0 saturated heterocycles. The van der Waals surface area contributed by atoms with Gasteiger partial charge in [-0.3, -0.25) is 0 Å². The molecule has 0 heteroatoms. The molecule has 0 rings (SSSR count). The third kappa shape index (κ3) is 4.45. The Hall–Kier alpha value is -0.780. The first-order valence-electron chi connectivity index (χ1n) is 5.18. The molecule has 80 valence electrons. The van der Waals surface area contributed by atoms with E-state index in [2.05, 4.69) is 53.9 Å². The van der Waals surface area contributed by atoms with Crippen LogP contribution < -0.4 is 0 Å². The predicted molar refractivity (Wildman–Crippen MR) is 66.3 cm³/mol. The van der Waals surface area contributed by atoms with Gasteiger partial charge in [0, 0.05) is 0 Å². The average Bonchev–Trinajstić information content (AvgIpc) is 1.94. The Morgan fingerprint density at radius 1 is 1.07 bits per heavy atom. The maximum Gasteiger partial charge on any atom is -0.00988 e. The van der Waals surface area contributed by atoms with Crippen LogP contribution >= 0.6 is 0 Å². The molecule has 0 aromatic heterocycles. The van der Waals surface area contributed by atoms with Crippen LogP contribution in [0, 0.1) is 10.8 Å². The molecular formula is C14H24. The van der Waals surface area contributed by atoms with Gasteiger partial charge in [-0.15, -0.1) is 0 Å². The molecule has 14 heavy (non-hydrogen) atoms. The van der Waals surface area contributed by atoms with Gasteiger partial charge in [0.2, 0.25) is 0 Å². The van der Waals surface area contributed by atoms with Crippen LogP contribution in [0.5, 0.6) is 0 Å². The summed E-state index contributed by atoms with van der Waals surface area (Å²) >= 11 is 0. The molecule has 0 fully saturated rings. The van der Waals surface area contributed by atoms with Gasteiger partial charge in [-0.2, -0.15) is 0 Å². The summed E-state index contributed by atoms with van der Waals surface area (Å²) in [4.78, 5) is 0. The van der Waals surface area contributed by atoms with Crippen molar-refractivity contribution in [3.8, 4) is 0 Å². The monoisotopic (exact) mass is 192 g/mol. The normalized spacial score (nSPS) is 13.9. The van der Waals surface area contributed by atoms with Crippen LogP contribution in [0.1, 0.15) is 41.0 Å². The van der Waals surface area contributed by atoms with Gasteiger partial charge in [0.1, 0.15) is 0 Å². The minimum absolute atomic E-state index is 0.175. The zero-order valence-electron chi connectivity index (χ0n) is 10.4. The van der Waals surface area contributed by atoms with Gasteiger partial charge < -0.3 is 0 Å². The van der Waals surface area contributed by atoms with Crippen LogP contribution in [0.4, 0.5) is 0 Å². The Kier molecular flexibility index (Phi) is 4.38. The maximum absolute atomic E-state index is 3.86. The quantitative estimate of drug-likeness (QED) is 0.564. The second kappa shape index (κ2) is 4.63. The van der Waals surface area contributed by atoms with Gasteiger partial charge in [0.05, 0.1) is 0 Å². The first-order chi connectivity index (χ1) is 6.23. The van der Waals surface area contributed by atoms with Crippen LogP contribution in [-0.4, -0.2) is 0 Å². The van der Waals surface area contributed by atoms with Crippen molar-refractivity contribution >= 4 is 0 Å². The first kappa shape index (κ1) is 13.2. The van der Waals surface area contributed by atoms with Crippen molar-refractivity contribution in [2.24, 2.45) is 10.8 Å². The molecule has 0 aliphatic heterocycles. The van der Waals surface area contributed by atoms with Crippen molar-refractivity contribution < 1.29 is 0 Å². The summed E-state index contributed by atoms with van der Waals surface area (Å²) in [6.07, 6.45) is 6.97.